The van der Waals surface area contributed by atoms with E-state index in [1.165, 1.54) is 12.3 Å². The van der Waals surface area contributed by atoms with E-state index < -0.39 is 5.97 Å². The molecule has 0 saturated heterocycles. The number of esters is 1. The van der Waals surface area contributed by atoms with Crippen molar-refractivity contribution in [2.75, 3.05) is 0 Å². The van der Waals surface area contributed by atoms with Gasteiger partial charge in [-0.25, -0.2) is 0 Å². The van der Waals surface area contributed by atoms with Crippen molar-refractivity contribution in [3.05, 3.63) is 50.4 Å². The SMILES string of the molecule is CC(C)C(=O)Oc1c(O)cc(Br)cc1C=Nc1cccc(Cl)c1Cl. The van der Waals surface area contributed by atoms with Crippen molar-refractivity contribution in [2.24, 2.45) is 10.9 Å². The molecule has 0 atom stereocenters. The first-order chi connectivity index (χ1) is 11.3. The van der Waals surface area contributed by atoms with Gasteiger partial charge in [-0.2, -0.15) is 0 Å². The van der Waals surface area contributed by atoms with Gasteiger partial charge in [0.15, 0.2) is 11.5 Å². The van der Waals surface area contributed by atoms with Crippen molar-refractivity contribution in [1.29, 1.82) is 0 Å². The summed E-state index contributed by atoms with van der Waals surface area (Å²) >= 11 is 15.3. The quantitative estimate of drug-likeness (QED) is 0.380. The summed E-state index contributed by atoms with van der Waals surface area (Å²) in [4.78, 5) is 16.1. The molecule has 0 amide bonds. The second-order valence-electron chi connectivity index (χ2n) is 5.25. The molecular formula is C17H14BrCl2NO3. The number of benzene rings is 2. The van der Waals surface area contributed by atoms with Gasteiger partial charge in [0.2, 0.25) is 0 Å². The molecule has 0 unspecified atom stereocenters. The highest BCUT2D eigenvalue weighted by atomic mass is 79.9. The molecule has 0 radical (unpaired) electrons. The molecule has 2 aromatic rings. The van der Waals surface area contributed by atoms with Crippen LogP contribution in [0.25, 0.3) is 0 Å². The fourth-order valence-electron chi connectivity index (χ4n) is 1.76. The molecule has 7 heteroatoms. The van der Waals surface area contributed by atoms with Crippen molar-refractivity contribution in [3.63, 3.8) is 0 Å². The monoisotopic (exact) mass is 429 g/mol. The fourth-order valence-corrected chi connectivity index (χ4v) is 2.56. The zero-order chi connectivity index (χ0) is 17.9. The number of hydrogen-bond acceptors (Lipinski definition) is 4. The van der Waals surface area contributed by atoms with E-state index in [2.05, 4.69) is 20.9 Å². The normalized spacial score (nSPS) is 11.2. The van der Waals surface area contributed by atoms with Gasteiger partial charge in [-0.3, -0.25) is 9.79 Å². The highest BCUT2D eigenvalue weighted by Gasteiger charge is 2.17. The molecule has 0 aromatic heterocycles. The third kappa shape index (κ3) is 4.50. The lowest BCUT2D eigenvalue weighted by Gasteiger charge is -2.11. The van der Waals surface area contributed by atoms with Gasteiger partial charge in [0.1, 0.15) is 0 Å². The van der Waals surface area contributed by atoms with E-state index >= 15 is 0 Å². The van der Waals surface area contributed by atoms with Gasteiger partial charge in [0, 0.05) is 16.3 Å². The molecule has 2 aromatic carbocycles. The molecule has 24 heavy (non-hydrogen) atoms. The van der Waals surface area contributed by atoms with Crippen molar-refractivity contribution < 1.29 is 14.6 Å². The molecule has 1 N–H and O–H groups in total. The molecule has 0 fully saturated rings. The van der Waals surface area contributed by atoms with Crippen LogP contribution in [-0.4, -0.2) is 17.3 Å². The maximum Gasteiger partial charge on any atom is 0.313 e. The highest BCUT2D eigenvalue weighted by molar-refractivity contribution is 9.10. The van der Waals surface area contributed by atoms with Gasteiger partial charge >= 0.3 is 5.97 Å². The zero-order valence-electron chi connectivity index (χ0n) is 12.9. The van der Waals surface area contributed by atoms with Crippen LogP contribution < -0.4 is 4.74 Å². The zero-order valence-corrected chi connectivity index (χ0v) is 16.0. The Hall–Kier alpha value is -1.56. The van der Waals surface area contributed by atoms with Crippen molar-refractivity contribution in [2.45, 2.75) is 13.8 Å². The Balaban J connectivity index is 2.43. The number of halogens is 3. The maximum atomic E-state index is 11.8. The second kappa shape index (κ2) is 8.01. The van der Waals surface area contributed by atoms with Gasteiger partial charge in [-0.1, -0.05) is 59.0 Å². The largest absolute Gasteiger partial charge is 0.504 e. The van der Waals surface area contributed by atoms with Crippen LogP contribution in [0.3, 0.4) is 0 Å². The van der Waals surface area contributed by atoms with Crippen LogP contribution in [0.5, 0.6) is 11.5 Å². The summed E-state index contributed by atoms with van der Waals surface area (Å²) in [6.45, 7) is 3.41. The number of carbonyl (C=O) groups excluding carboxylic acids is 1. The smallest absolute Gasteiger partial charge is 0.313 e. The molecule has 126 valence electrons. The third-order valence-electron chi connectivity index (χ3n) is 3.01. The van der Waals surface area contributed by atoms with Crippen LogP contribution in [0.4, 0.5) is 5.69 Å². The number of ether oxygens (including phenoxy) is 1. The minimum atomic E-state index is -0.455. The predicted octanol–water partition coefficient (Wildman–Crippen LogP) is 5.77. The molecule has 0 bridgehead atoms. The Kier molecular flexibility index (Phi) is 6.27. The molecule has 0 aliphatic rings. The lowest BCUT2D eigenvalue weighted by atomic mass is 10.2. The number of rotatable bonds is 4. The molecule has 2 rings (SSSR count). The molecular weight excluding hydrogens is 417 g/mol. The number of phenolic OH excluding ortho intramolecular Hbond substituents is 1. The highest BCUT2D eigenvalue weighted by Crippen LogP contribution is 2.35. The Morgan fingerprint density at radius 2 is 2.04 bits per heavy atom. The van der Waals surface area contributed by atoms with E-state index in [-0.39, 0.29) is 17.4 Å². The average molecular weight is 431 g/mol. The maximum absolute atomic E-state index is 11.8. The summed E-state index contributed by atoms with van der Waals surface area (Å²) in [5.74, 6) is -0.918. The Bertz CT molecular complexity index is 807. The number of aliphatic imine (C=N–C) groups is 1. The van der Waals surface area contributed by atoms with E-state index in [0.717, 1.165) is 0 Å². The minimum Gasteiger partial charge on any atom is -0.504 e. The van der Waals surface area contributed by atoms with Gasteiger partial charge in [0.05, 0.1) is 21.7 Å². The van der Waals surface area contributed by atoms with Gasteiger partial charge in [-0.05, 0) is 24.3 Å². The number of aromatic hydroxyl groups is 1. The number of hydrogen-bond donors (Lipinski definition) is 1. The summed E-state index contributed by atoms with van der Waals surface area (Å²) in [7, 11) is 0. The van der Waals surface area contributed by atoms with Gasteiger partial charge < -0.3 is 9.84 Å². The lowest BCUT2D eigenvalue weighted by molar-refractivity contribution is -0.137. The second-order valence-corrected chi connectivity index (χ2v) is 6.95. The summed E-state index contributed by atoms with van der Waals surface area (Å²) in [5, 5.41) is 10.8. The topological polar surface area (TPSA) is 58.9 Å². The first kappa shape index (κ1) is 18.8. The van der Waals surface area contributed by atoms with Crippen LogP contribution in [0.15, 0.2) is 39.8 Å². The van der Waals surface area contributed by atoms with Gasteiger partial charge in [-0.15, -0.1) is 0 Å². The standard InChI is InChI=1S/C17H14BrCl2NO3/c1-9(2)17(23)24-16-10(6-11(18)7-14(16)22)8-21-13-5-3-4-12(19)15(13)20/h3-9,22H,1-2H3. The van der Waals surface area contributed by atoms with E-state index in [0.29, 0.717) is 25.8 Å². The molecule has 0 spiro atoms. The summed E-state index contributed by atoms with van der Waals surface area (Å²) in [6, 6.07) is 8.18. The minimum absolute atomic E-state index is 0.0406. The molecule has 0 aliphatic carbocycles. The Labute approximate surface area is 158 Å². The number of carbonyl (C=O) groups is 1. The first-order valence-electron chi connectivity index (χ1n) is 7.02. The summed E-state index contributed by atoms with van der Waals surface area (Å²) in [5.41, 5.74) is 0.886. The fraction of sp³-hybridized carbons (Fsp3) is 0.176. The van der Waals surface area contributed by atoms with Crippen molar-refractivity contribution in [3.8, 4) is 11.5 Å². The van der Waals surface area contributed by atoms with E-state index in [4.69, 9.17) is 27.9 Å². The summed E-state index contributed by atoms with van der Waals surface area (Å²) < 4.78 is 5.89. The van der Waals surface area contributed by atoms with Crippen LogP contribution >= 0.6 is 39.1 Å². The van der Waals surface area contributed by atoms with E-state index in [9.17, 15) is 9.90 Å². The van der Waals surface area contributed by atoms with Crippen LogP contribution in [0.2, 0.25) is 10.0 Å². The molecule has 4 nitrogen and oxygen atoms in total. The van der Waals surface area contributed by atoms with Crippen molar-refractivity contribution >= 4 is 57.0 Å². The number of phenols is 1. The van der Waals surface area contributed by atoms with Crippen LogP contribution in [0, 0.1) is 5.92 Å². The van der Waals surface area contributed by atoms with E-state index in [1.807, 2.05) is 0 Å². The van der Waals surface area contributed by atoms with Crippen LogP contribution in [-0.2, 0) is 4.79 Å². The Morgan fingerprint density at radius 3 is 2.71 bits per heavy atom. The molecule has 0 aliphatic heterocycles. The lowest BCUT2D eigenvalue weighted by Crippen LogP contribution is -2.15. The summed E-state index contributed by atoms with van der Waals surface area (Å²) in [6.07, 6.45) is 1.45. The predicted molar refractivity (Wildman–Crippen MR) is 100.0 cm³/mol. The third-order valence-corrected chi connectivity index (χ3v) is 4.28. The first-order valence-corrected chi connectivity index (χ1v) is 8.56. The van der Waals surface area contributed by atoms with E-state index in [1.54, 1.807) is 38.1 Å². The van der Waals surface area contributed by atoms with Crippen molar-refractivity contribution in [1.82, 2.24) is 0 Å². The van der Waals surface area contributed by atoms with Gasteiger partial charge in [0.25, 0.3) is 0 Å². The Morgan fingerprint density at radius 1 is 1.33 bits per heavy atom. The average Bonchev–Trinajstić information content (AvgIpc) is 2.51. The molecule has 0 heterocycles. The van der Waals surface area contributed by atoms with Crippen LogP contribution in [0.1, 0.15) is 19.4 Å². The number of nitrogens with zero attached hydrogens (tertiary/aromatic N) is 1. The molecule has 0 saturated carbocycles.